The summed E-state index contributed by atoms with van der Waals surface area (Å²) in [5.41, 5.74) is 2.33. The molecule has 1 N–H and O–H groups in total. The molecule has 158 valence electrons. The molecule has 0 amide bonds. The molecule has 2 fully saturated rings. The molecule has 0 radical (unpaired) electrons. The topological polar surface area (TPSA) is 31.6 Å². The molecule has 2 aliphatic rings. The molecule has 4 nitrogen and oxygen atoms in total. The van der Waals surface area contributed by atoms with Gasteiger partial charge in [-0.25, -0.2) is 4.39 Å². The van der Waals surface area contributed by atoms with E-state index in [1.807, 2.05) is 12.1 Å². The van der Waals surface area contributed by atoms with Gasteiger partial charge >= 0.3 is 0 Å². The minimum atomic E-state index is -0.181. The van der Waals surface area contributed by atoms with Crippen LogP contribution in [0, 0.1) is 5.82 Å². The number of fused-ring (bicyclic) bond motifs is 1. The summed E-state index contributed by atoms with van der Waals surface area (Å²) < 4.78 is 15.2. The third kappa shape index (κ3) is 3.91. The number of hydrogen-bond donors (Lipinski definition) is 1. The zero-order valence-corrected chi connectivity index (χ0v) is 17.4. The van der Waals surface area contributed by atoms with Gasteiger partial charge in [0.2, 0.25) is 0 Å². The smallest absolute Gasteiger partial charge is 0.199 e. The van der Waals surface area contributed by atoms with Crippen molar-refractivity contribution in [3.8, 4) is 5.88 Å². The van der Waals surface area contributed by atoms with E-state index in [1.54, 1.807) is 0 Å². The average molecular weight is 408 g/mol. The average Bonchev–Trinajstić information content (AvgIpc) is 3.12. The second-order valence-corrected chi connectivity index (χ2v) is 8.81. The molecule has 1 aliphatic heterocycles. The quantitative estimate of drug-likeness (QED) is 0.636. The number of rotatable bonds is 4. The fourth-order valence-corrected chi connectivity index (χ4v) is 5.05. The van der Waals surface area contributed by atoms with Crippen LogP contribution >= 0.6 is 0 Å². The van der Waals surface area contributed by atoms with Gasteiger partial charge in [-0.15, -0.1) is 0 Å². The van der Waals surface area contributed by atoms with Gasteiger partial charge in [-0.3, -0.25) is 4.90 Å². The summed E-state index contributed by atoms with van der Waals surface area (Å²) in [5, 5.41) is 13.0. The first-order chi connectivity index (χ1) is 14.7. The van der Waals surface area contributed by atoms with E-state index in [-0.39, 0.29) is 5.82 Å². The molecule has 1 saturated carbocycles. The zero-order valence-electron chi connectivity index (χ0n) is 17.4. The second kappa shape index (κ2) is 8.31. The molecule has 1 aliphatic carbocycles. The summed E-state index contributed by atoms with van der Waals surface area (Å²) >= 11 is 0. The highest BCUT2D eigenvalue weighted by molar-refractivity contribution is 5.91. The van der Waals surface area contributed by atoms with Gasteiger partial charge in [-0.2, -0.15) is 0 Å². The third-order valence-corrected chi connectivity index (χ3v) is 6.83. The van der Waals surface area contributed by atoms with Crippen molar-refractivity contribution in [3.05, 3.63) is 60.0 Å². The summed E-state index contributed by atoms with van der Waals surface area (Å²) in [6.45, 7) is 4.72. The molecule has 0 unspecified atom stereocenters. The minimum Gasteiger partial charge on any atom is -0.494 e. The minimum absolute atomic E-state index is 0.181. The Morgan fingerprint density at radius 3 is 2.37 bits per heavy atom. The normalized spacial score (nSPS) is 18.9. The number of hydrogen-bond acceptors (Lipinski definition) is 3. The number of aromatic nitrogens is 1. The lowest BCUT2D eigenvalue weighted by atomic mass is 9.95. The van der Waals surface area contributed by atoms with Crippen molar-refractivity contribution in [1.82, 2.24) is 9.47 Å². The molecular formula is C25H30FN3O. The summed E-state index contributed by atoms with van der Waals surface area (Å²) in [7, 11) is 0. The standard InChI is InChI=1S/C25H30FN3O/c26-21-9-6-19(7-10-21)17-27-12-14-28(15-13-27)23-11-8-20-18-29(25(30)24(20)16-23)22-4-2-1-3-5-22/h6-11,16,18,22,30H,1-5,12-15,17H2. The van der Waals surface area contributed by atoms with E-state index >= 15 is 0 Å². The molecule has 0 spiro atoms. The third-order valence-electron chi connectivity index (χ3n) is 6.83. The number of piperazine rings is 1. The predicted octanol–water partition coefficient (Wildman–Crippen LogP) is 5.31. The van der Waals surface area contributed by atoms with Crippen LogP contribution in [0.15, 0.2) is 48.7 Å². The Labute approximate surface area is 177 Å². The first kappa shape index (κ1) is 19.4. The molecule has 30 heavy (non-hydrogen) atoms. The molecule has 0 bridgehead atoms. The van der Waals surface area contributed by atoms with Gasteiger partial charge in [0, 0.05) is 61.4 Å². The highest BCUT2D eigenvalue weighted by Crippen LogP contribution is 2.37. The largest absolute Gasteiger partial charge is 0.494 e. The lowest BCUT2D eigenvalue weighted by molar-refractivity contribution is 0.250. The summed E-state index contributed by atoms with van der Waals surface area (Å²) in [6, 6.07) is 13.7. The maximum Gasteiger partial charge on any atom is 0.199 e. The van der Waals surface area contributed by atoms with E-state index in [2.05, 4.69) is 38.8 Å². The van der Waals surface area contributed by atoms with Gasteiger partial charge in [-0.1, -0.05) is 37.5 Å². The highest BCUT2D eigenvalue weighted by Gasteiger charge is 2.21. The fraction of sp³-hybridized carbons (Fsp3) is 0.440. The van der Waals surface area contributed by atoms with Gasteiger partial charge in [0.05, 0.1) is 0 Å². The lowest BCUT2D eigenvalue weighted by Crippen LogP contribution is -2.45. The van der Waals surface area contributed by atoms with Crippen LogP contribution in [0.1, 0.15) is 43.7 Å². The molecule has 1 aromatic heterocycles. The van der Waals surface area contributed by atoms with Gasteiger partial charge < -0.3 is 14.6 Å². The van der Waals surface area contributed by atoms with Crippen LogP contribution in [0.5, 0.6) is 5.88 Å². The maximum atomic E-state index is 13.1. The van der Waals surface area contributed by atoms with Crippen molar-refractivity contribution in [2.75, 3.05) is 31.1 Å². The zero-order chi connectivity index (χ0) is 20.5. The number of aromatic hydroxyl groups is 1. The molecule has 5 rings (SSSR count). The van der Waals surface area contributed by atoms with Gasteiger partial charge in [0.15, 0.2) is 5.88 Å². The Morgan fingerprint density at radius 2 is 1.63 bits per heavy atom. The summed E-state index contributed by atoms with van der Waals surface area (Å²) in [6.07, 6.45) is 8.29. The van der Waals surface area contributed by atoms with E-state index in [0.717, 1.165) is 61.9 Å². The van der Waals surface area contributed by atoms with E-state index in [9.17, 15) is 9.50 Å². The van der Waals surface area contributed by atoms with Gasteiger partial charge in [0.1, 0.15) is 5.82 Å². The second-order valence-electron chi connectivity index (χ2n) is 8.81. The van der Waals surface area contributed by atoms with Crippen LogP contribution in [-0.2, 0) is 6.54 Å². The van der Waals surface area contributed by atoms with Crippen molar-refractivity contribution in [2.45, 2.75) is 44.7 Å². The van der Waals surface area contributed by atoms with Crippen molar-refractivity contribution in [3.63, 3.8) is 0 Å². The number of nitrogens with zero attached hydrogens (tertiary/aromatic N) is 3. The fourth-order valence-electron chi connectivity index (χ4n) is 5.05. The Kier molecular flexibility index (Phi) is 5.38. The Bertz CT molecular complexity index is 999. The van der Waals surface area contributed by atoms with Crippen LogP contribution < -0.4 is 4.90 Å². The lowest BCUT2D eigenvalue weighted by Gasteiger charge is -2.36. The van der Waals surface area contributed by atoms with Crippen LogP contribution in [0.3, 0.4) is 0 Å². The highest BCUT2D eigenvalue weighted by atomic mass is 19.1. The summed E-state index contributed by atoms with van der Waals surface area (Å²) in [4.78, 5) is 4.82. The van der Waals surface area contributed by atoms with E-state index < -0.39 is 0 Å². The first-order valence-electron chi connectivity index (χ1n) is 11.2. The summed E-state index contributed by atoms with van der Waals surface area (Å²) in [5.74, 6) is 0.244. The van der Waals surface area contributed by atoms with Crippen molar-refractivity contribution < 1.29 is 9.50 Å². The number of halogens is 1. The Balaban J connectivity index is 1.27. The van der Waals surface area contributed by atoms with Crippen molar-refractivity contribution in [1.29, 1.82) is 0 Å². The van der Waals surface area contributed by atoms with Crippen LogP contribution in [0.25, 0.3) is 10.8 Å². The molecule has 5 heteroatoms. The molecule has 0 atom stereocenters. The van der Waals surface area contributed by atoms with Crippen LogP contribution in [0.2, 0.25) is 0 Å². The molecule has 1 saturated heterocycles. The van der Waals surface area contributed by atoms with Crippen LogP contribution in [0.4, 0.5) is 10.1 Å². The number of benzene rings is 2. The van der Waals surface area contributed by atoms with E-state index in [4.69, 9.17) is 0 Å². The Hall–Kier alpha value is -2.53. The van der Waals surface area contributed by atoms with E-state index in [0.29, 0.717) is 11.9 Å². The van der Waals surface area contributed by atoms with Crippen LogP contribution in [-0.4, -0.2) is 40.8 Å². The Morgan fingerprint density at radius 1 is 0.900 bits per heavy atom. The molecule has 3 aromatic rings. The molecular weight excluding hydrogens is 377 g/mol. The monoisotopic (exact) mass is 407 g/mol. The SMILES string of the molecule is Oc1c2cc(N3CCN(Cc4ccc(F)cc4)CC3)ccc2cn1C1CCCCC1. The van der Waals surface area contributed by atoms with Gasteiger partial charge in [-0.05, 0) is 42.7 Å². The van der Waals surface area contributed by atoms with Gasteiger partial charge in [0.25, 0.3) is 0 Å². The predicted molar refractivity (Wildman–Crippen MR) is 120 cm³/mol. The molecule has 2 aromatic carbocycles. The van der Waals surface area contributed by atoms with E-state index in [1.165, 1.54) is 37.1 Å². The maximum absolute atomic E-state index is 13.1. The van der Waals surface area contributed by atoms with Crippen molar-refractivity contribution >= 4 is 16.5 Å². The molecule has 2 heterocycles. The number of anilines is 1. The first-order valence-corrected chi connectivity index (χ1v) is 11.2. The van der Waals surface area contributed by atoms with Crippen molar-refractivity contribution in [2.24, 2.45) is 0 Å².